The number of hydrogen-bond donors (Lipinski definition) is 2. The first-order chi connectivity index (χ1) is 19.4. The van der Waals surface area contributed by atoms with Gasteiger partial charge < -0.3 is 24.8 Å². The molecule has 0 unspecified atom stereocenters. The molecule has 0 bridgehead atoms. The smallest absolute Gasteiger partial charge is 0.332 e. The lowest BCUT2D eigenvalue weighted by Crippen LogP contribution is -2.41. The maximum atomic E-state index is 13.3. The molecule has 0 atom stereocenters. The molecule has 0 fully saturated rings. The second-order valence-corrected chi connectivity index (χ2v) is 8.95. The van der Waals surface area contributed by atoms with Gasteiger partial charge in [0.15, 0.2) is 11.5 Å². The van der Waals surface area contributed by atoms with Crippen LogP contribution < -0.4 is 36.1 Å². The van der Waals surface area contributed by atoms with Gasteiger partial charge in [-0.3, -0.25) is 23.5 Å². The highest BCUT2D eigenvalue weighted by molar-refractivity contribution is 5.98. The minimum absolute atomic E-state index is 0.0362. The standard InChI is InChI=1S/C29H26N4O7/c1-3-12-32-28(36)22-10-5-19(27(35)30-15-18-4-11-24-25(13-18)40-17-39-24)14-23(22)33(29(32)37)16-26(34)31-20-6-8-21(38-2)9-7-20/h3-11,13-14H,1,12,15-17H2,2H3,(H,30,35)(H,31,34). The van der Waals surface area contributed by atoms with E-state index in [2.05, 4.69) is 17.2 Å². The maximum absolute atomic E-state index is 13.3. The number of allylic oxidation sites excluding steroid dienone is 1. The normalized spacial score (nSPS) is 11.7. The maximum Gasteiger partial charge on any atom is 0.332 e. The second kappa shape index (κ2) is 11.2. The molecule has 0 saturated carbocycles. The molecule has 0 radical (unpaired) electrons. The number of aromatic nitrogens is 2. The van der Waals surface area contributed by atoms with E-state index < -0.39 is 23.1 Å². The molecular weight excluding hydrogens is 516 g/mol. The zero-order valence-corrected chi connectivity index (χ0v) is 21.6. The van der Waals surface area contributed by atoms with E-state index in [1.165, 1.54) is 36.0 Å². The molecule has 1 aromatic heterocycles. The molecule has 2 heterocycles. The molecule has 204 valence electrons. The van der Waals surface area contributed by atoms with Gasteiger partial charge in [0.1, 0.15) is 12.3 Å². The Balaban J connectivity index is 1.43. The summed E-state index contributed by atoms with van der Waals surface area (Å²) >= 11 is 0. The predicted molar refractivity (Wildman–Crippen MR) is 148 cm³/mol. The van der Waals surface area contributed by atoms with E-state index in [0.717, 1.165) is 10.1 Å². The van der Waals surface area contributed by atoms with Crippen molar-refractivity contribution in [1.82, 2.24) is 14.5 Å². The van der Waals surface area contributed by atoms with Crippen molar-refractivity contribution >= 4 is 28.4 Å². The van der Waals surface area contributed by atoms with Gasteiger partial charge in [-0.25, -0.2) is 4.79 Å². The van der Waals surface area contributed by atoms with Crippen molar-refractivity contribution in [3.8, 4) is 17.2 Å². The highest BCUT2D eigenvalue weighted by atomic mass is 16.7. The van der Waals surface area contributed by atoms with Crippen molar-refractivity contribution in [2.75, 3.05) is 19.2 Å². The van der Waals surface area contributed by atoms with E-state index in [0.29, 0.717) is 22.9 Å². The predicted octanol–water partition coefficient (Wildman–Crippen LogP) is 2.66. The number of methoxy groups -OCH3 is 1. The Labute approximate surface area is 228 Å². The van der Waals surface area contributed by atoms with Gasteiger partial charge in [-0.15, -0.1) is 6.58 Å². The van der Waals surface area contributed by atoms with E-state index in [4.69, 9.17) is 14.2 Å². The number of hydrogen-bond acceptors (Lipinski definition) is 7. The molecular formula is C29H26N4O7. The fourth-order valence-corrected chi connectivity index (χ4v) is 4.35. The van der Waals surface area contributed by atoms with Gasteiger partial charge in [0.2, 0.25) is 12.7 Å². The summed E-state index contributed by atoms with van der Waals surface area (Å²) in [6.07, 6.45) is 1.42. The number of benzene rings is 3. The van der Waals surface area contributed by atoms with Crippen molar-refractivity contribution in [3.05, 3.63) is 105 Å². The number of fused-ring (bicyclic) bond motifs is 2. The zero-order chi connectivity index (χ0) is 28.2. The lowest BCUT2D eigenvalue weighted by atomic mass is 10.1. The number of carbonyl (C=O) groups excluding carboxylic acids is 2. The average Bonchev–Trinajstić information content (AvgIpc) is 3.44. The van der Waals surface area contributed by atoms with Crippen LogP contribution in [0.25, 0.3) is 10.9 Å². The second-order valence-electron chi connectivity index (χ2n) is 8.95. The molecule has 11 heteroatoms. The highest BCUT2D eigenvalue weighted by Gasteiger charge is 2.18. The Morgan fingerprint density at radius 2 is 1.77 bits per heavy atom. The first-order valence-corrected chi connectivity index (χ1v) is 12.4. The van der Waals surface area contributed by atoms with Crippen molar-refractivity contribution in [1.29, 1.82) is 0 Å². The number of amides is 2. The van der Waals surface area contributed by atoms with Crippen LogP contribution in [0.1, 0.15) is 15.9 Å². The van der Waals surface area contributed by atoms with Crippen LogP contribution in [0.3, 0.4) is 0 Å². The largest absolute Gasteiger partial charge is 0.497 e. The number of nitrogens with one attached hydrogen (secondary N) is 2. The number of carbonyl (C=O) groups is 2. The van der Waals surface area contributed by atoms with Gasteiger partial charge >= 0.3 is 5.69 Å². The molecule has 2 amide bonds. The molecule has 0 spiro atoms. The van der Waals surface area contributed by atoms with Crippen molar-refractivity contribution in [2.45, 2.75) is 19.6 Å². The number of rotatable bonds is 9. The van der Waals surface area contributed by atoms with E-state index in [1.807, 2.05) is 6.07 Å². The topological polar surface area (TPSA) is 130 Å². The number of nitrogens with zero attached hydrogens (tertiary/aromatic N) is 2. The minimum Gasteiger partial charge on any atom is -0.497 e. The summed E-state index contributed by atoms with van der Waals surface area (Å²) in [5.74, 6) is 0.957. The Morgan fingerprint density at radius 1 is 1.00 bits per heavy atom. The van der Waals surface area contributed by atoms with Crippen LogP contribution in [0, 0.1) is 0 Å². The SMILES string of the molecule is C=CCn1c(=O)c2ccc(C(=O)NCc3ccc4c(c3)OCO4)cc2n(CC(=O)Nc2ccc(OC)cc2)c1=O. The van der Waals surface area contributed by atoms with Gasteiger partial charge in [0, 0.05) is 24.3 Å². The molecule has 11 nitrogen and oxygen atoms in total. The molecule has 1 aliphatic rings. The first-order valence-electron chi connectivity index (χ1n) is 12.4. The van der Waals surface area contributed by atoms with Crippen LogP contribution in [0.5, 0.6) is 17.2 Å². The molecule has 1 aliphatic heterocycles. The van der Waals surface area contributed by atoms with E-state index in [1.54, 1.807) is 36.4 Å². The molecule has 2 N–H and O–H groups in total. The van der Waals surface area contributed by atoms with E-state index in [-0.39, 0.29) is 42.9 Å². The lowest BCUT2D eigenvalue weighted by Gasteiger charge is -2.15. The third-order valence-electron chi connectivity index (χ3n) is 6.37. The van der Waals surface area contributed by atoms with Gasteiger partial charge in [0.25, 0.3) is 11.5 Å². The summed E-state index contributed by atoms with van der Waals surface area (Å²) in [6, 6.07) is 16.5. The van der Waals surface area contributed by atoms with Crippen LogP contribution in [0.2, 0.25) is 0 Å². The molecule has 40 heavy (non-hydrogen) atoms. The highest BCUT2D eigenvalue weighted by Crippen LogP contribution is 2.32. The van der Waals surface area contributed by atoms with Crippen LogP contribution in [-0.2, 0) is 24.4 Å². The van der Waals surface area contributed by atoms with Gasteiger partial charge in [0.05, 0.1) is 18.0 Å². The monoisotopic (exact) mass is 542 g/mol. The fourth-order valence-electron chi connectivity index (χ4n) is 4.35. The van der Waals surface area contributed by atoms with Gasteiger partial charge in [-0.05, 0) is 60.2 Å². The Bertz CT molecular complexity index is 1740. The molecule has 4 aromatic rings. The summed E-state index contributed by atoms with van der Waals surface area (Å²) in [6.45, 7) is 3.55. The van der Waals surface area contributed by atoms with Crippen molar-refractivity contribution in [3.63, 3.8) is 0 Å². The van der Waals surface area contributed by atoms with Gasteiger partial charge in [-0.2, -0.15) is 0 Å². The summed E-state index contributed by atoms with van der Waals surface area (Å²) in [5.41, 5.74) is 0.456. The molecule has 0 saturated heterocycles. The third kappa shape index (κ3) is 5.30. The lowest BCUT2D eigenvalue weighted by molar-refractivity contribution is -0.116. The minimum atomic E-state index is -0.694. The fraction of sp³-hybridized carbons (Fsp3) is 0.172. The van der Waals surface area contributed by atoms with Crippen molar-refractivity contribution < 1.29 is 23.8 Å². The van der Waals surface area contributed by atoms with Crippen molar-refractivity contribution in [2.24, 2.45) is 0 Å². The van der Waals surface area contributed by atoms with Crippen LogP contribution in [0.15, 0.2) is 82.9 Å². The molecule has 3 aromatic carbocycles. The summed E-state index contributed by atoms with van der Waals surface area (Å²) in [7, 11) is 1.54. The van der Waals surface area contributed by atoms with Crippen LogP contribution >= 0.6 is 0 Å². The summed E-state index contributed by atoms with van der Waals surface area (Å²) in [4.78, 5) is 52.3. The quantitative estimate of drug-likeness (QED) is 0.311. The van der Waals surface area contributed by atoms with E-state index in [9.17, 15) is 19.2 Å². The first kappa shape index (κ1) is 26.3. The van der Waals surface area contributed by atoms with E-state index >= 15 is 0 Å². The Kier molecular flexibility index (Phi) is 7.36. The van der Waals surface area contributed by atoms with Crippen LogP contribution in [-0.4, -0.2) is 34.9 Å². The zero-order valence-electron chi connectivity index (χ0n) is 21.6. The summed E-state index contributed by atoms with van der Waals surface area (Å²) in [5, 5.41) is 5.74. The number of ether oxygens (including phenoxy) is 3. The molecule has 5 rings (SSSR count). The molecule has 0 aliphatic carbocycles. The van der Waals surface area contributed by atoms with Crippen LogP contribution in [0.4, 0.5) is 5.69 Å². The third-order valence-corrected chi connectivity index (χ3v) is 6.37. The Morgan fingerprint density at radius 3 is 2.52 bits per heavy atom. The summed E-state index contributed by atoms with van der Waals surface area (Å²) < 4.78 is 18.0. The average molecular weight is 543 g/mol. The number of anilines is 1. The Hall–Kier alpha value is -5.32. The van der Waals surface area contributed by atoms with Gasteiger partial charge in [-0.1, -0.05) is 12.1 Å².